The highest BCUT2D eigenvalue weighted by atomic mass is 16.3. The van der Waals surface area contributed by atoms with Crippen LogP contribution in [0.5, 0.6) is 0 Å². The summed E-state index contributed by atoms with van der Waals surface area (Å²) in [5, 5.41) is 15.7. The molecule has 15 heavy (non-hydrogen) atoms. The van der Waals surface area contributed by atoms with Gasteiger partial charge in [-0.15, -0.1) is 0 Å². The molecule has 0 atom stereocenters. The first-order chi connectivity index (χ1) is 7.28. The van der Waals surface area contributed by atoms with Crippen molar-refractivity contribution >= 4 is 11.5 Å². The van der Waals surface area contributed by atoms with Crippen LogP contribution in [0.4, 0.5) is 11.5 Å². The second kappa shape index (κ2) is 4.06. The summed E-state index contributed by atoms with van der Waals surface area (Å²) in [6.07, 6.45) is 3.86. The Kier molecular flexibility index (Phi) is 2.77. The van der Waals surface area contributed by atoms with E-state index in [4.69, 9.17) is 0 Å². The van der Waals surface area contributed by atoms with Crippen LogP contribution < -0.4 is 10.6 Å². The number of aliphatic hydroxyl groups is 1. The highest BCUT2D eigenvalue weighted by molar-refractivity contribution is 5.54. The molecule has 1 aliphatic carbocycles. The normalized spacial score (nSPS) is 17.2. The molecule has 1 aromatic heterocycles. The minimum atomic E-state index is -0.0646. The fourth-order valence-electron chi connectivity index (χ4n) is 1.57. The molecule has 1 aliphatic rings. The van der Waals surface area contributed by atoms with E-state index in [9.17, 15) is 5.11 Å². The molecule has 1 heterocycles. The first kappa shape index (κ1) is 10.2. The lowest BCUT2D eigenvalue weighted by Crippen LogP contribution is -2.25. The smallest absolute Gasteiger partial charge is 0.127 e. The molecule has 2 rings (SSSR count). The Morgan fingerprint density at radius 1 is 1.53 bits per heavy atom. The van der Waals surface area contributed by atoms with E-state index in [0.29, 0.717) is 0 Å². The molecule has 4 heteroatoms. The summed E-state index contributed by atoms with van der Waals surface area (Å²) in [4.78, 5) is 4.19. The summed E-state index contributed by atoms with van der Waals surface area (Å²) in [6, 6.07) is 3.90. The Balaban J connectivity index is 2.05. The minimum Gasteiger partial charge on any atom is -0.394 e. The van der Waals surface area contributed by atoms with E-state index in [2.05, 4.69) is 15.6 Å². The van der Waals surface area contributed by atoms with Gasteiger partial charge in [0, 0.05) is 24.5 Å². The van der Waals surface area contributed by atoms with E-state index >= 15 is 0 Å². The third-order valence-electron chi connectivity index (χ3n) is 2.68. The predicted octanol–water partition coefficient (Wildman–Crippen LogP) is 1.45. The molecule has 0 spiro atoms. The lowest BCUT2D eigenvalue weighted by atomic mass is 10.2. The highest BCUT2D eigenvalue weighted by Crippen LogP contribution is 2.38. The fraction of sp³-hybridized carbons (Fsp3) is 0.545. The van der Waals surface area contributed by atoms with Gasteiger partial charge in [-0.25, -0.2) is 4.98 Å². The number of aromatic nitrogens is 1. The third kappa shape index (κ3) is 2.39. The summed E-state index contributed by atoms with van der Waals surface area (Å²) < 4.78 is 0. The van der Waals surface area contributed by atoms with Crippen molar-refractivity contribution in [3.8, 4) is 0 Å². The van der Waals surface area contributed by atoms with Gasteiger partial charge in [0.25, 0.3) is 0 Å². The Labute approximate surface area is 89.7 Å². The fourth-order valence-corrected chi connectivity index (χ4v) is 1.57. The number of nitrogens with one attached hydrogen (secondary N) is 2. The van der Waals surface area contributed by atoms with Gasteiger partial charge < -0.3 is 15.7 Å². The zero-order valence-corrected chi connectivity index (χ0v) is 8.95. The number of rotatable bonds is 5. The van der Waals surface area contributed by atoms with E-state index in [1.807, 2.05) is 19.1 Å². The van der Waals surface area contributed by atoms with Crippen LogP contribution in [0.15, 0.2) is 18.3 Å². The molecule has 0 saturated heterocycles. The lowest BCUT2D eigenvalue weighted by Gasteiger charge is -2.16. The van der Waals surface area contributed by atoms with Crippen molar-refractivity contribution in [1.29, 1.82) is 0 Å². The van der Waals surface area contributed by atoms with Crippen molar-refractivity contribution in [1.82, 2.24) is 4.98 Å². The van der Waals surface area contributed by atoms with Crippen LogP contribution in [-0.4, -0.2) is 28.8 Å². The third-order valence-corrected chi connectivity index (χ3v) is 2.68. The molecule has 4 nitrogen and oxygen atoms in total. The standard InChI is InChI=1S/C11H17N3O/c1-2-12-10-7-9(3-6-13-10)14-11(8-15)4-5-11/h3,6-7,15H,2,4-5,8H2,1H3,(H2,12,13,14). The van der Waals surface area contributed by atoms with Crippen molar-refractivity contribution in [3.63, 3.8) is 0 Å². The van der Waals surface area contributed by atoms with Crippen molar-refractivity contribution in [2.24, 2.45) is 0 Å². The van der Waals surface area contributed by atoms with Crippen LogP contribution in [0.25, 0.3) is 0 Å². The quantitative estimate of drug-likeness (QED) is 0.684. The van der Waals surface area contributed by atoms with Crippen LogP contribution in [0, 0.1) is 0 Å². The van der Waals surface area contributed by atoms with Gasteiger partial charge >= 0.3 is 0 Å². The summed E-state index contributed by atoms with van der Waals surface area (Å²) in [5.41, 5.74) is 0.956. The molecule has 0 bridgehead atoms. The average Bonchev–Trinajstić information content (AvgIpc) is 3.00. The molecule has 1 aromatic rings. The second-order valence-corrected chi connectivity index (χ2v) is 4.02. The van der Waals surface area contributed by atoms with E-state index in [1.165, 1.54) is 0 Å². The van der Waals surface area contributed by atoms with E-state index < -0.39 is 0 Å². The average molecular weight is 207 g/mol. The largest absolute Gasteiger partial charge is 0.394 e. The second-order valence-electron chi connectivity index (χ2n) is 4.02. The molecule has 0 amide bonds. The highest BCUT2D eigenvalue weighted by Gasteiger charge is 2.41. The van der Waals surface area contributed by atoms with Crippen molar-refractivity contribution in [2.75, 3.05) is 23.8 Å². The molecular weight excluding hydrogens is 190 g/mol. The van der Waals surface area contributed by atoms with Crippen LogP contribution in [-0.2, 0) is 0 Å². The minimum absolute atomic E-state index is 0.0646. The summed E-state index contributed by atoms with van der Waals surface area (Å²) in [5.74, 6) is 0.872. The number of aliphatic hydroxyl groups excluding tert-OH is 1. The summed E-state index contributed by atoms with van der Waals surface area (Å²) in [7, 11) is 0. The van der Waals surface area contributed by atoms with Crippen LogP contribution in [0.3, 0.4) is 0 Å². The molecule has 0 aromatic carbocycles. The number of hydrogen-bond donors (Lipinski definition) is 3. The van der Waals surface area contributed by atoms with Gasteiger partial charge in [-0.3, -0.25) is 0 Å². The van der Waals surface area contributed by atoms with Gasteiger partial charge in [0.15, 0.2) is 0 Å². The van der Waals surface area contributed by atoms with Gasteiger partial charge in [-0.05, 0) is 25.8 Å². The SMILES string of the molecule is CCNc1cc(NC2(CO)CC2)ccn1. The molecule has 1 fully saturated rings. The number of nitrogens with zero attached hydrogens (tertiary/aromatic N) is 1. The Morgan fingerprint density at radius 3 is 2.93 bits per heavy atom. The van der Waals surface area contributed by atoms with Gasteiger partial charge in [0.1, 0.15) is 5.82 Å². The molecular formula is C11H17N3O. The predicted molar refractivity (Wildman–Crippen MR) is 61.1 cm³/mol. The van der Waals surface area contributed by atoms with E-state index in [0.717, 1.165) is 30.9 Å². The van der Waals surface area contributed by atoms with Gasteiger partial charge in [0.2, 0.25) is 0 Å². The van der Waals surface area contributed by atoms with Gasteiger partial charge in [-0.1, -0.05) is 0 Å². The Hall–Kier alpha value is -1.29. The van der Waals surface area contributed by atoms with Crippen LogP contribution >= 0.6 is 0 Å². The van der Waals surface area contributed by atoms with Crippen molar-refractivity contribution < 1.29 is 5.11 Å². The topological polar surface area (TPSA) is 57.2 Å². The van der Waals surface area contributed by atoms with E-state index in [-0.39, 0.29) is 12.1 Å². The van der Waals surface area contributed by atoms with Crippen molar-refractivity contribution in [3.05, 3.63) is 18.3 Å². The molecule has 1 saturated carbocycles. The first-order valence-electron chi connectivity index (χ1n) is 5.37. The molecule has 82 valence electrons. The zero-order valence-electron chi connectivity index (χ0n) is 8.95. The molecule has 3 N–H and O–H groups in total. The Morgan fingerprint density at radius 2 is 2.33 bits per heavy atom. The number of pyridine rings is 1. The zero-order chi connectivity index (χ0) is 10.7. The maximum absolute atomic E-state index is 9.20. The number of hydrogen-bond acceptors (Lipinski definition) is 4. The maximum atomic E-state index is 9.20. The van der Waals surface area contributed by atoms with Gasteiger partial charge in [0.05, 0.1) is 12.1 Å². The summed E-state index contributed by atoms with van der Waals surface area (Å²) >= 11 is 0. The lowest BCUT2D eigenvalue weighted by molar-refractivity contribution is 0.266. The van der Waals surface area contributed by atoms with E-state index in [1.54, 1.807) is 6.20 Å². The van der Waals surface area contributed by atoms with Crippen LogP contribution in [0.1, 0.15) is 19.8 Å². The molecule has 0 radical (unpaired) electrons. The number of anilines is 2. The molecule has 0 aliphatic heterocycles. The van der Waals surface area contributed by atoms with Crippen molar-refractivity contribution in [2.45, 2.75) is 25.3 Å². The Bertz CT molecular complexity index is 336. The monoisotopic (exact) mass is 207 g/mol. The van der Waals surface area contributed by atoms with Gasteiger partial charge in [-0.2, -0.15) is 0 Å². The first-order valence-corrected chi connectivity index (χ1v) is 5.37. The van der Waals surface area contributed by atoms with Crippen LogP contribution in [0.2, 0.25) is 0 Å². The molecule has 0 unspecified atom stereocenters. The summed E-state index contributed by atoms with van der Waals surface area (Å²) in [6.45, 7) is 3.10. The maximum Gasteiger partial charge on any atom is 0.127 e.